The van der Waals surface area contributed by atoms with Gasteiger partial charge in [-0.15, -0.1) is 11.8 Å². The first-order valence-electron chi connectivity index (χ1n) is 9.01. The zero-order chi connectivity index (χ0) is 18.9. The first kappa shape index (κ1) is 17.5. The van der Waals surface area contributed by atoms with Crippen molar-refractivity contribution in [1.82, 2.24) is 0 Å². The predicted octanol–water partition coefficient (Wildman–Crippen LogP) is 5.38. The first-order chi connectivity index (χ1) is 13.8. The molecule has 0 unspecified atom stereocenters. The molecule has 140 valence electrons. The van der Waals surface area contributed by atoms with Crippen LogP contribution in [0.25, 0.3) is 0 Å². The third kappa shape index (κ3) is 3.23. The van der Waals surface area contributed by atoms with Crippen molar-refractivity contribution >= 4 is 40.8 Å². The summed E-state index contributed by atoms with van der Waals surface area (Å²) in [4.78, 5) is 18.2. The van der Waals surface area contributed by atoms with Crippen LogP contribution in [0.2, 0.25) is 0 Å². The molecule has 5 rings (SSSR count). The highest BCUT2D eigenvalue weighted by atomic mass is 32.2. The van der Waals surface area contributed by atoms with Crippen molar-refractivity contribution in [2.24, 2.45) is 0 Å². The van der Waals surface area contributed by atoms with Gasteiger partial charge in [-0.25, -0.2) is 0 Å². The molecule has 2 aliphatic rings. The third-order valence-electron chi connectivity index (χ3n) is 4.56. The summed E-state index contributed by atoms with van der Waals surface area (Å²) in [5.41, 5.74) is 1.89. The summed E-state index contributed by atoms with van der Waals surface area (Å²) < 4.78 is 11.2. The average Bonchev–Trinajstić information content (AvgIpc) is 2.75. The Hall–Kier alpha value is -2.57. The number of nitrogens with zero attached hydrogens (tertiary/aromatic N) is 1. The number of carbonyl (C=O) groups is 1. The number of hydrogen-bond acceptors (Lipinski definition) is 5. The molecule has 2 aliphatic heterocycles. The Labute approximate surface area is 171 Å². The molecule has 0 N–H and O–H groups in total. The van der Waals surface area contributed by atoms with E-state index in [1.807, 2.05) is 59.5 Å². The molecule has 3 aromatic rings. The molecule has 28 heavy (non-hydrogen) atoms. The smallest absolute Gasteiger partial charge is 0.241 e. The van der Waals surface area contributed by atoms with E-state index in [4.69, 9.17) is 9.47 Å². The summed E-state index contributed by atoms with van der Waals surface area (Å²) in [5.74, 6) is 1.90. The number of carbonyl (C=O) groups excluding carboxylic acids is 1. The topological polar surface area (TPSA) is 38.8 Å². The highest BCUT2D eigenvalue weighted by molar-refractivity contribution is 8.00. The highest BCUT2D eigenvalue weighted by Crippen LogP contribution is 2.48. The third-order valence-corrected chi connectivity index (χ3v) is 6.67. The molecule has 0 atom stereocenters. The van der Waals surface area contributed by atoms with Crippen LogP contribution in [-0.4, -0.2) is 24.9 Å². The van der Waals surface area contributed by atoms with Gasteiger partial charge in [0, 0.05) is 14.7 Å². The number of para-hydroxylation sites is 2. The summed E-state index contributed by atoms with van der Waals surface area (Å²) in [6.45, 7) is 1.13. The molecule has 3 aromatic carbocycles. The van der Waals surface area contributed by atoms with Gasteiger partial charge in [0.25, 0.3) is 0 Å². The fourth-order valence-electron chi connectivity index (χ4n) is 3.30. The predicted molar refractivity (Wildman–Crippen MR) is 112 cm³/mol. The van der Waals surface area contributed by atoms with Gasteiger partial charge >= 0.3 is 0 Å². The van der Waals surface area contributed by atoms with Gasteiger partial charge in [0.15, 0.2) is 11.5 Å². The van der Waals surface area contributed by atoms with E-state index in [0.717, 1.165) is 37.6 Å². The minimum Gasteiger partial charge on any atom is -0.486 e. The van der Waals surface area contributed by atoms with Crippen LogP contribution in [0, 0.1) is 0 Å². The molecule has 0 saturated carbocycles. The van der Waals surface area contributed by atoms with Crippen LogP contribution in [0.5, 0.6) is 11.5 Å². The number of hydrogen-bond donors (Lipinski definition) is 0. The fraction of sp³-hybridized carbons (Fsp3) is 0.136. The van der Waals surface area contributed by atoms with E-state index in [-0.39, 0.29) is 5.91 Å². The van der Waals surface area contributed by atoms with Crippen LogP contribution in [-0.2, 0) is 4.79 Å². The van der Waals surface area contributed by atoms with E-state index in [9.17, 15) is 4.79 Å². The van der Waals surface area contributed by atoms with Gasteiger partial charge in [0.2, 0.25) is 5.91 Å². The molecule has 0 aromatic heterocycles. The maximum absolute atomic E-state index is 13.2. The van der Waals surface area contributed by atoms with Crippen LogP contribution in [0.4, 0.5) is 11.4 Å². The van der Waals surface area contributed by atoms with Crippen LogP contribution in [0.1, 0.15) is 0 Å². The van der Waals surface area contributed by atoms with Gasteiger partial charge in [-0.05, 0) is 42.5 Å². The molecule has 0 spiro atoms. The van der Waals surface area contributed by atoms with E-state index < -0.39 is 0 Å². The molecule has 1 amide bonds. The van der Waals surface area contributed by atoms with Crippen molar-refractivity contribution in [3.63, 3.8) is 0 Å². The largest absolute Gasteiger partial charge is 0.486 e. The van der Waals surface area contributed by atoms with Gasteiger partial charge in [0.05, 0.1) is 17.1 Å². The second kappa shape index (κ2) is 7.45. The van der Waals surface area contributed by atoms with E-state index in [2.05, 4.69) is 12.1 Å². The number of amides is 1. The Kier molecular flexibility index (Phi) is 4.66. The molecule has 6 heteroatoms. The Morgan fingerprint density at radius 2 is 1.54 bits per heavy atom. The number of ether oxygens (including phenoxy) is 2. The minimum absolute atomic E-state index is 0.0556. The lowest BCUT2D eigenvalue weighted by Gasteiger charge is -2.31. The van der Waals surface area contributed by atoms with Gasteiger partial charge in [-0.3, -0.25) is 9.69 Å². The summed E-state index contributed by atoms with van der Waals surface area (Å²) in [6, 6.07) is 21.9. The lowest BCUT2D eigenvalue weighted by atomic mass is 10.2. The number of rotatable bonds is 3. The van der Waals surface area contributed by atoms with Crippen LogP contribution in [0.15, 0.2) is 81.4 Å². The van der Waals surface area contributed by atoms with E-state index in [1.165, 1.54) is 11.8 Å². The molecule has 0 saturated heterocycles. The van der Waals surface area contributed by atoms with E-state index >= 15 is 0 Å². The maximum Gasteiger partial charge on any atom is 0.241 e. The Morgan fingerprint density at radius 3 is 2.25 bits per heavy atom. The second-order valence-electron chi connectivity index (χ2n) is 6.36. The molecule has 0 bridgehead atoms. The number of thioether (sulfide) groups is 1. The lowest BCUT2D eigenvalue weighted by molar-refractivity contribution is -0.115. The molecule has 4 nitrogen and oxygen atoms in total. The zero-order valence-corrected chi connectivity index (χ0v) is 16.6. The summed E-state index contributed by atoms with van der Waals surface area (Å²) >= 11 is 3.21. The van der Waals surface area contributed by atoms with Crippen molar-refractivity contribution in [2.75, 3.05) is 23.9 Å². The van der Waals surface area contributed by atoms with Crippen LogP contribution >= 0.6 is 23.5 Å². The van der Waals surface area contributed by atoms with Gasteiger partial charge in [-0.2, -0.15) is 0 Å². The average molecular weight is 408 g/mol. The summed E-state index contributed by atoms with van der Waals surface area (Å²) in [6.07, 6.45) is 0. The Morgan fingerprint density at radius 1 is 0.893 bits per heavy atom. The fourth-order valence-corrected chi connectivity index (χ4v) is 5.13. The lowest BCUT2D eigenvalue weighted by Crippen LogP contribution is -2.29. The van der Waals surface area contributed by atoms with Gasteiger partial charge < -0.3 is 9.47 Å². The zero-order valence-electron chi connectivity index (χ0n) is 15.0. The Balaban J connectivity index is 1.40. The van der Waals surface area contributed by atoms with Crippen molar-refractivity contribution in [3.05, 3.63) is 66.7 Å². The minimum atomic E-state index is 0.0556. The summed E-state index contributed by atoms with van der Waals surface area (Å²) in [7, 11) is 0. The van der Waals surface area contributed by atoms with E-state index in [0.29, 0.717) is 19.0 Å². The quantitative estimate of drug-likeness (QED) is 0.545. The van der Waals surface area contributed by atoms with E-state index in [1.54, 1.807) is 11.8 Å². The molecule has 0 aliphatic carbocycles. The van der Waals surface area contributed by atoms with Crippen molar-refractivity contribution < 1.29 is 14.3 Å². The number of benzene rings is 3. The number of fused-ring (bicyclic) bond motifs is 3. The first-order valence-corrected chi connectivity index (χ1v) is 10.8. The molecule has 0 radical (unpaired) electrons. The monoisotopic (exact) mass is 407 g/mol. The van der Waals surface area contributed by atoms with Gasteiger partial charge in [0.1, 0.15) is 13.2 Å². The van der Waals surface area contributed by atoms with Crippen molar-refractivity contribution in [2.45, 2.75) is 14.7 Å². The molecule has 2 heterocycles. The van der Waals surface area contributed by atoms with Crippen molar-refractivity contribution in [3.8, 4) is 11.5 Å². The highest BCUT2D eigenvalue weighted by Gasteiger charge is 2.27. The molecular weight excluding hydrogens is 390 g/mol. The summed E-state index contributed by atoms with van der Waals surface area (Å²) in [5, 5.41) is 0. The Bertz CT molecular complexity index is 1010. The number of anilines is 2. The van der Waals surface area contributed by atoms with Crippen LogP contribution < -0.4 is 14.4 Å². The van der Waals surface area contributed by atoms with Crippen molar-refractivity contribution in [1.29, 1.82) is 0 Å². The second-order valence-corrected chi connectivity index (χ2v) is 8.49. The standard InChI is InChI=1S/C22H17NO3S2/c24-22(14-27-15-9-10-18-19(13-15)26-12-11-25-18)23-16-5-1-3-7-20(16)28-21-8-4-2-6-17(21)23/h1-10,13H,11-12,14H2. The van der Waals surface area contributed by atoms with Gasteiger partial charge in [-0.1, -0.05) is 36.0 Å². The molecule has 0 fully saturated rings. The normalized spacial score (nSPS) is 14.2. The molecular formula is C22H17NO3S2. The maximum atomic E-state index is 13.2. The SMILES string of the molecule is O=C(CSc1ccc2c(c1)OCCO2)N1c2ccccc2Sc2ccccc21. The van der Waals surface area contributed by atoms with Crippen LogP contribution in [0.3, 0.4) is 0 Å².